The Hall–Kier alpha value is -2.38. The van der Waals surface area contributed by atoms with Gasteiger partial charge in [-0.1, -0.05) is 18.2 Å². The fourth-order valence-corrected chi connectivity index (χ4v) is 5.96. The van der Waals surface area contributed by atoms with E-state index in [1.807, 2.05) is 0 Å². The molecule has 36 heavy (non-hydrogen) atoms. The molecule has 0 unspecified atom stereocenters. The summed E-state index contributed by atoms with van der Waals surface area (Å²) in [5, 5.41) is 23.5. The zero-order chi connectivity index (χ0) is 26.5. The molecular formula is C22H30N3O9PS. The van der Waals surface area contributed by atoms with Gasteiger partial charge in [-0.15, -0.1) is 0 Å². The third-order valence-corrected chi connectivity index (χ3v) is 7.79. The Labute approximate surface area is 212 Å². The van der Waals surface area contributed by atoms with E-state index in [0.29, 0.717) is 5.75 Å². The molecule has 0 amide bonds. The highest BCUT2D eigenvalue weighted by molar-refractivity contribution is 8.09. The molecule has 1 aromatic carbocycles. The van der Waals surface area contributed by atoms with Crippen molar-refractivity contribution < 1.29 is 33.5 Å². The maximum absolute atomic E-state index is 12.4. The van der Waals surface area contributed by atoms with Gasteiger partial charge in [0.15, 0.2) is 6.23 Å². The molecule has 4 N–H and O–H groups in total. The molecule has 1 saturated heterocycles. The van der Waals surface area contributed by atoms with E-state index >= 15 is 0 Å². The second kappa shape index (κ2) is 12.2. The maximum Gasteiger partial charge on any atom is 0.330 e. The molecular weight excluding hydrogens is 513 g/mol. The molecule has 12 nitrogen and oxygen atoms in total. The summed E-state index contributed by atoms with van der Waals surface area (Å²) in [6, 6.07) is 8.89. The van der Waals surface area contributed by atoms with Crippen molar-refractivity contribution in [1.29, 1.82) is 0 Å². The molecule has 0 radical (unpaired) electrons. The van der Waals surface area contributed by atoms with Crippen molar-refractivity contribution in [1.82, 2.24) is 14.6 Å². The molecule has 2 aromatic rings. The Morgan fingerprint density at radius 1 is 1.25 bits per heavy atom. The molecule has 3 rings (SSSR count). The van der Waals surface area contributed by atoms with Crippen molar-refractivity contribution in [2.24, 2.45) is 5.92 Å². The van der Waals surface area contributed by atoms with Crippen LogP contribution in [0.3, 0.4) is 0 Å². The predicted molar refractivity (Wildman–Crippen MR) is 133 cm³/mol. The summed E-state index contributed by atoms with van der Waals surface area (Å²) in [4.78, 5) is 38.0. The smallest absolute Gasteiger partial charge is 0.330 e. The minimum absolute atomic E-state index is 0.236. The van der Waals surface area contributed by atoms with E-state index in [-0.39, 0.29) is 12.7 Å². The van der Waals surface area contributed by atoms with Crippen molar-refractivity contribution in [2.45, 2.75) is 51.4 Å². The third kappa shape index (κ3) is 7.10. The van der Waals surface area contributed by atoms with Gasteiger partial charge in [-0.05, 0) is 44.7 Å². The van der Waals surface area contributed by atoms with Gasteiger partial charge in [0.05, 0.1) is 25.4 Å². The number of aromatic amines is 1. The van der Waals surface area contributed by atoms with Crippen LogP contribution in [0.5, 0.6) is 5.75 Å². The summed E-state index contributed by atoms with van der Waals surface area (Å²) >= 11 is 5.66. The Morgan fingerprint density at radius 3 is 2.56 bits per heavy atom. The number of hydrogen-bond acceptors (Lipinski definition) is 10. The number of rotatable bonds is 11. The predicted octanol–water partition coefficient (Wildman–Crippen LogP) is 0.653. The van der Waals surface area contributed by atoms with Gasteiger partial charge >= 0.3 is 18.3 Å². The lowest BCUT2D eigenvalue weighted by Gasteiger charge is -2.28. The number of hydrogen-bond donors (Lipinski definition) is 4. The van der Waals surface area contributed by atoms with Gasteiger partial charge in [0.25, 0.3) is 5.56 Å². The van der Waals surface area contributed by atoms with E-state index in [0.717, 1.165) is 10.6 Å². The lowest BCUT2D eigenvalue weighted by atomic mass is 9.99. The first-order valence-electron chi connectivity index (χ1n) is 11.3. The van der Waals surface area contributed by atoms with Crippen LogP contribution in [0.4, 0.5) is 0 Å². The summed E-state index contributed by atoms with van der Waals surface area (Å²) in [6.07, 6.45) is -2.49. The van der Waals surface area contributed by atoms with E-state index in [4.69, 9.17) is 30.3 Å². The number of aromatic nitrogens is 2. The first-order chi connectivity index (χ1) is 17.0. The standard InChI is InChI=1S/C22H30N3O9PS/c1-13(2)32-21(29)14(3)24-35(36,34-15-7-5-4-6-8-15)31-12-17-16(11-26)19(28)20(33-17)25-10-9-18(27)23-22(25)30/h4-10,13-14,16-17,19-20,26,28H,11-12H2,1-3H3,(H,24,36)(H,23,27,30)/t14-,16-,17-,19-,20-,35+/m1/s1. The highest BCUT2D eigenvalue weighted by Gasteiger charge is 2.45. The molecule has 198 valence electrons. The SMILES string of the molecule is CC(C)OC(=O)[C@@H](C)N[P@](=S)(OC[C@H]1O[C@@H](n2ccc(=O)[nH]c2=O)[C@H](O)[C@@H]1CO)Oc1ccccc1. The molecule has 0 spiro atoms. The summed E-state index contributed by atoms with van der Waals surface area (Å²) in [5.41, 5.74) is -1.38. The second-order valence-electron chi connectivity index (χ2n) is 8.45. The maximum atomic E-state index is 12.4. The lowest BCUT2D eigenvalue weighted by Crippen LogP contribution is -2.37. The monoisotopic (exact) mass is 543 g/mol. The van der Waals surface area contributed by atoms with Crippen LogP contribution in [0.15, 0.2) is 52.2 Å². The van der Waals surface area contributed by atoms with Crippen LogP contribution in [0.25, 0.3) is 0 Å². The van der Waals surface area contributed by atoms with Gasteiger partial charge in [0, 0.05) is 18.2 Å². The van der Waals surface area contributed by atoms with Crippen LogP contribution in [0, 0.1) is 5.92 Å². The fourth-order valence-electron chi connectivity index (χ4n) is 3.54. The number of H-pyrrole nitrogens is 1. The topological polar surface area (TPSA) is 161 Å². The van der Waals surface area contributed by atoms with Crippen molar-refractivity contribution in [3.63, 3.8) is 0 Å². The van der Waals surface area contributed by atoms with Crippen molar-refractivity contribution in [3.05, 3.63) is 63.4 Å². The van der Waals surface area contributed by atoms with Gasteiger partial charge in [0.1, 0.15) is 17.9 Å². The van der Waals surface area contributed by atoms with E-state index < -0.39 is 60.9 Å². The first-order valence-corrected chi connectivity index (χ1v) is 13.9. The third-order valence-electron chi connectivity index (χ3n) is 5.29. The zero-order valence-corrected chi connectivity index (χ0v) is 21.7. The fraction of sp³-hybridized carbons (Fsp3) is 0.500. The molecule has 14 heteroatoms. The van der Waals surface area contributed by atoms with Gasteiger partial charge in [-0.2, -0.15) is 0 Å². The second-order valence-corrected chi connectivity index (χ2v) is 11.6. The summed E-state index contributed by atoms with van der Waals surface area (Å²) in [6.45, 7) is 0.907. The highest BCUT2D eigenvalue weighted by atomic mass is 32.5. The lowest BCUT2D eigenvalue weighted by molar-refractivity contribution is -0.149. The molecule has 0 saturated carbocycles. The Balaban J connectivity index is 1.79. The molecule has 1 aromatic heterocycles. The van der Waals surface area contributed by atoms with Crippen molar-refractivity contribution in [3.8, 4) is 5.75 Å². The number of carbonyl (C=O) groups is 1. The average molecular weight is 544 g/mol. The number of nitrogens with one attached hydrogen (secondary N) is 2. The van der Waals surface area contributed by atoms with Crippen LogP contribution in [-0.4, -0.2) is 63.3 Å². The number of esters is 1. The molecule has 1 aliphatic heterocycles. The van der Waals surface area contributed by atoms with Crippen molar-refractivity contribution >= 4 is 24.4 Å². The zero-order valence-electron chi connectivity index (χ0n) is 20.0. The van der Waals surface area contributed by atoms with E-state index in [2.05, 4.69) is 10.1 Å². The minimum Gasteiger partial charge on any atom is -0.462 e. The van der Waals surface area contributed by atoms with E-state index in [1.165, 1.54) is 6.20 Å². The summed E-state index contributed by atoms with van der Waals surface area (Å²) < 4.78 is 24.0. The van der Waals surface area contributed by atoms with Gasteiger partial charge in [-0.25, -0.2) is 9.88 Å². The number of para-hydroxylation sites is 1. The van der Waals surface area contributed by atoms with Crippen LogP contribution >= 0.6 is 6.64 Å². The van der Waals surface area contributed by atoms with Crippen LogP contribution in [0.1, 0.15) is 27.0 Å². The quantitative estimate of drug-likeness (QED) is 0.233. The highest BCUT2D eigenvalue weighted by Crippen LogP contribution is 2.46. The first kappa shape index (κ1) is 28.2. The van der Waals surface area contributed by atoms with E-state index in [9.17, 15) is 24.6 Å². The van der Waals surface area contributed by atoms with Crippen LogP contribution < -0.4 is 20.9 Å². The average Bonchev–Trinajstić information content (AvgIpc) is 3.13. The molecule has 2 heterocycles. The molecule has 6 atom stereocenters. The summed E-state index contributed by atoms with van der Waals surface area (Å²) in [7, 11) is 0. The normalized spacial score (nSPS) is 24.3. The number of aliphatic hydroxyl groups is 2. The molecule has 1 aliphatic rings. The number of benzene rings is 1. The van der Waals surface area contributed by atoms with E-state index in [1.54, 1.807) is 51.1 Å². The molecule has 0 bridgehead atoms. The number of ether oxygens (including phenoxy) is 2. The van der Waals surface area contributed by atoms with Gasteiger partial charge < -0.3 is 28.7 Å². The van der Waals surface area contributed by atoms with Crippen molar-refractivity contribution in [2.75, 3.05) is 13.2 Å². The largest absolute Gasteiger partial charge is 0.462 e. The minimum atomic E-state index is -3.39. The Morgan fingerprint density at radius 2 is 1.94 bits per heavy atom. The number of aliphatic hydroxyl groups excluding tert-OH is 2. The number of carbonyl (C=O) groups excluding carboxylic acids is 1. The van der Waals surface area contributed by atoms with Gasteiger partial charge in [-0.3, -0.25) is 19.1 Å². The number of nitrogens with zero attached hydrogens (tertiary/aromatic N) is 1. The van der Waals surface area contributed by atoms with Crippen LogP contribution in [0.2, 0.25) is 0 Å². The molecule has 1 fully saturated rings. The van der Waals surface area contributed by atoms with Crippen LogP contribution in [-0.2, 0) is 30.6 Å². The Kier molecular flexibility index (Phi) is 9.59. The summed E-state index contributed by atoms with van der Waals surface area (Å²) in [5.74, 6) is -0.975. The molecule has 0 aliphatic carbocycles. The Bertz CT molecular complexity index is 1190. The van der Waals surface area contributed by atoms with Gasteiger partial charge in [0.2, 0.25) is 0 Å².